The fraction of sp³-hybridized carbons (Fsp3) is 1.00. The van der Waals surface area contributed by atoms with E-state index in [0.717, 1.165) is 0 Å². The molecule has 5 fully saturated rings. The quantitative estimate of drug-likeness (QED) is 0.128. The lowest BCUT2D eigenvalue weighted by molar-refractivity contribution is -0.280. The first kappa shape index (κ1) is 38.7. The average molecular weight is 711 g/mol. The van der Waals surface area contributed by atoms with Gasteiger partial charge in [-0.15, -0.1) is 0 Å². The van der Waals surface area contributed by atoms with Crippen LogP contribution in [0.3, 0.4) is 0 Å². The third-order valence-electron chi connectivity index (χ3n) is 13.6. The van der Waals surface area contributed by atoms with Crippen LogP contribution < -0.4 is 0 Å². The van der Waals surface area contributed by atoms with Gasteiger partial charge in [-0.2, -0.15) is 8.42 Å². The van der Waals surface area contributed by atoms with Crippen molar-refractivity contribution >= 4 is 10.4 Å². The summed E-state index contributed by atoms with van der Waals surface area (Å²) in [5.41, 5.74) is -2.76. The van der Waals surface area contributed by atoms with Gasteiger partial charge < -0.3 is 50.3 Å². The van der Waals surface area contributed by atoms with E-state index in [9.17, 15) is 49.3 Å². The number of ether oxygens (including phenoxy) is 2. The van der Waals surface area contributed by atoms with Crippen molar-refractivity contribution < 1.29 is 67.5 Å². The molecular weight excluding hydrogens is 652 g/mol. The molecule has 0 aromatic rings. The zero-order valence-electron chi connectivity index (χ0n) is 28.6. The Kier molecular flexibility index (Phi) is 11.1. The summed E-state index contributed by atoms with van der Waals surface area (Å²) in [5.74, 6) is -1.94. The maximum atomic E-state index is 12.5. The molecule has 0 unspecified atom stereocenters. The zero-order valence-corrected chi connectivity index (χ0v) is 29.4. The van der Waals surface area contributed by atoms with Gasteiger partial charge >= 0.3 is 10.4 Å². The third-order valence-corrected chi connectivity index (χ3v) is 14.1. The summed E-state index contributed by atoms with van der Waals surface area (Å²) in [5, 5.41) is 89.1. The van der Waals surface area contributed by atoms with Crippen LogP contribution in [0.25, 0.3) is 0 Å². The molecule has 14 nitrogen and oxygen atoms in total. The molecule has 9 N–H and O–H groups in total. The standard InChI is InChI=1S/C33H58O14S/c1-15(2)17(13-45-30-28(40)25(37)20(47-30)14-46-48(42,43)44)7-6-16(3)22-26(38)27(39)29-32(22,5)11-9-21-31(4)10-8-18(34)24(36)23(31)19(35)12-33(21,29)41/h15-30,34-41H,6-14H2,1-5H3,(H,42,43,44)/t16-,17-,18+,19+,20+,21-,22+,23+,24+,25+,26-,27-,28-,29-,30-,31-,32-,33+/m1/s1. The van der Waals surface area contributed by atoms with Crippen molar-refractivity contribution in [3.63, 3.8) is 0 Å². The molecule has 48 heavy (non-hydrogen) atoms. The summed E-state index contributed by atoms with van der Waals surface area (Å²) in [6.07, 6.45) is -7.46. The highest BCUT2D eigenvalue weighted by molar-refractivity contribution is 7.80. The molecule has 0 amide bonds. The number of hydrogen-bond acceptors (Lipinski definition) is 13. The second-order valence-corrected chi connectivity index (χ2v) is 17.7. The highest BCUT2D eigenvalue weighted by atomic mass is 32.3. The summed E-state index contributed by atoms with van der Waals surface area (Å²) in [6, 6.07) is 0. The Morgan fingerprint density at radius 2 is 1.48 bits per heavy atom. The number of aliphatic hydroxyl groups excluding tert-OH is 7. The molecule has 0 aromatic heterocycles. The Morgan fingerprint density at radius 3 is 2.10 bits per heavy atom. The second-order valence-electron chi connectivity index (χ2n) is 16.6. The van der Waals surface area contributed by atoms with Gasteiger partial charge in [-0.25, -0.2) is 4.18 Å². The lowest BCUT2D eigenvalue weighted by atomic mass is 9.41. The second kappa shape index (κ2) is 13.8. The van der Waals surface area contributed by atoms with Crippen LogP contribution in [0, 0.1) is 52.3 Å². The van der Waals surface area contributed by atoms with E-state index in [1.54, 1.807) is 0 Å². The summed E-state index contributed by atoms with van der Waals surface area (Å²) in [4.78, 5) is 0. The lowest BCUT2D eigenvalue weighted by Gasteiger charge is -2.66. The first-order chi connectivity index (χ1) is 22.2. The maximum absolute atomic E-state index is 12.5. The van der Waals surface area contributed by atoms with Crippen molar-refractivity contribution in [2.75, 3.05) is 13.2 Å². The van der Waals surface area contributed by atoms with E-state index in [4.69, 9.17) is 14.0 Å². The maximum Gasteiger partial charge on any atom is 0.397 e. The lowest BCUT2D eigenvalue weighted by Crippen LogP contribution is -2.71. The first-order valence-corrected chi connectivity index (χ1v) is 18.9. The van der Waals surface area contributed by atoms with Gasteiger partial charge in [-0.3, -0.25) is 4.55 Å². The Bertz CT molecular complexity index is 1240. The molecule has 0 aromatic carbocycles. The molecule has 0 bridgehead atoms. The minimum absolute atomic E-state index is 0.0287. The molecule has 5 aliphatic rings. The highest BCUT2D eigenvalue weighted by Gasteiger charge is 2.73. The van der Waals surface area contributed by atoms with Gasteiger partial charge in [0.15, 0.2) is 6.29 Å². The summed E-state index contributed by atoms with van der Waals surface area (Å²) in [7, 11) is -4.76. The highest BCUT2D eigenvalue weighted by Crippen LogP contribution is 2.69. The Labute approximate surface area is 283 Å². The van der Waals surface area contributed by atoms with Crippen molar-refractivity contribution in [2.45, 2.75) is 140 Å². The van der Waals surface area contributed by atoms with Gasteiger partial charge in [0.05, 0.1) is 49.3 Å². The van der Waals surface area contributed by atoms with Gasteiger partial charge in [0.1, 0.15) is 18.3 Å². The largest absolute Gasteiger partial charge is 0.397 e. The van der Waals surface area contributed by atoms with Gasteiger partial charge in [0.2, 0.25) is 0 Å². The Hall–Kier alpha value is -0.530. The predicted octanol–water partition coefficient (Wildman–Crippen LogP) is -0.0245. The van der Waals surface area contributed by atoms with Crippen LogP contribution in [-0.2, 0) is 24.1 Å². The van der Waals surface area contributed by atoms with Crippen molar-refractivity contribution in [1.29, 1.82) is 0 Å². The van der Waals surface area contributed by atoms with Gasteiger partial charge in [0, 0.05) is 18.3 Å². The molecular formula is C33H58O14S. The van der Waals surface area contributed by atoms with Crippen molar-refractivity contribution in [3.8, 4) is 0 Å². The molecule has 1 saturated heterocycles. The zero-order chi connectivity index (χ0) is 35.7. The summed E-state index contributed by atoms with van der Waals surface area (Å²) in [6.45, 7) is 9.54. The van der Waals surface area contributed by atoms with Gasteiger partial charge in [-0.1, -0.05) is 34.6 Å². The van der Waals surface area contributed by atoms with Crippen molar-refractivity contribution in [1.82, 2.24) is 0 Å². The monoisotopic (exact) mass is 710 g/mol. The Morgan fingerprint density at radius 1 is 0.833 bits per heavy atom. The van der Waals surface area contributed by atoms with Gasteiger partial charge in [0.25, 0.3) is 0 Å². The summed E-state index contributed by atoms with van der Waals surface area (Å²) < 4.78 is 46.3. The number of aliphatic hydroxyl groups is 8. The van der Waals surface area contributed by atoms with E-state index in [-0.39, 0.29) is 42.6 Å². The van der Waals surface area contributed by atoms with E-state index in [2.05, 4.69) is 4.18 Å². The number of hydrogen-bond donors (Lipinski definition) is 9. The Balaban J connectivity index is 1.26. The summed E-state index contributed by atoms with van der Waals surface area (Å²) >= 11 is 0. The minimum Gasteiger partial charge on any atom is -0.393 e. The SMILES string of the molecule is CC(C)[C@H](CC[C@@H](C)[C@H]1[C@@H](O)[C@@H](O)[C@@H]2[C@]1(C)CC[C@@H]1[C@@]3(C)CC[C@H](O)[C@H](O)[C@@H]3[C@@H](O)C[C@]12O)CO[C@@H]1O[C@@H](COS(=O)(=O)O)[C@H](O)[C@H]1O. The van der Waals surface area contributed by atoms with Crippen LogP contribution in [0.2, 0.25) is 0 Å². The van der Waals surface area contributed by atoms with Crippen LogP contribution in [0.4, 0.5) is 0 Å². The smallest absolute Gasteiger partial charge is 0.393 e. The number of rotatable bonds is 11. The molecule has 1 heterocycles. The van der Waals surface area contributed by atoms with Crippen LogP contribution in [0.5, 0.6) is 0 Å². The molecule has 0 spiro atoms. The fourth-order valence-corrected chi connectivity index (χ4v) is 11.6. The minimum atomic E-state index is -4.76. The van der Waals surface area contributed by atoms with Crippen molar-refractivity contribution in [3.05, 3.63) is 0 Å². The fourth-order valence-electron chi connectivity index (χ4n) is 11.3. The molecule has 4 aliphatic carbocycles. The molecule has 18 atom stereocenters. The van der Waals surface area contributed by atoms with E-state index >= 15 is 0 Å². The van der Waals surface area contributed by atoms with Crippen molar-refractivity contribution in [2.24, 2.45) is 52.3 Å². The molecule has 1 aliphatic heterocycles. The van der Waals surface area contributed by atoms with Crippen LogP contribution >= 0.6 is 0 Å². The van der Waals surface area contributed by atoms with Crippen LogP contribution in [-0.4, -0.2) is 128 Å². The molecule has 15 heteroatoms. The van der Waals surface area contributed by atoms with E-state index in [0.29, 0.717) is 38.5 Å². The first-order valence-electron chi connectivity index (χ1n) is 17.5. The molecule has 280 valence electrons. The normalized spacial score (nSPS) is 50.5. The van der Waals surface area contributed by atoms with Crippen LogP contribution in [0.1, 0.15) is 79.6 Å². The van der Waals surface area contributed by atoms with Crippen LogP contribution in [0.15, 0.2) is 0 Å². The third kappa shape index (κ3) is 6.63. The number of fused-ring (bicyclic) bond motifs is 5. The average Bonchev–Trinajstić information content (AvgIpc) is 3.36. The van der Waals surface area contributed by atoms with E-state index < -0.39 is 100 Å². The molecule has 4 saturated carbocycles. The van der Waals surface area contributed by atoms with E-state index in [1.807, 2.05) is 34.6 Å². The molecule has 5 rings (SSSR count). The molecule has 0 radical (unpaired) electrons. The van der Waals surface area contributed by atoms with Gasteiger partial charge in [-0.05, 0) is 78.9 Å². The topological polar surface area (TPSA) is 244 Å². The predicted molar refractivity (Wildman–Crippen MR) is 169 cm³/mol. The van der Waals surface area contributed by atoms with E-state index in [1.165, 1.54) is 0 Å².